The summed E-state index contributed by atoms with van der Waals surface area (Å²) in [5.41, 5.74) is 2.05. The fourth-order valence-corrected chi connectivity index (χ4v) is 6.06. The van der Waals surface area contributed by atoms with Crippen molar-refractivity contribution in [2.75, 3.05) is 18.0 Å². The molecule has 2 aliphatic rings. The minimum absolute atomic E-state index is 0.0793. The summed E-state index contributed by atoms with van der Waals surface area (Å²) in [6.45, 7) is 12.1. The zero-order chi connectivity index (χ0) is 28.4. The number of rotatable bonds is 6. The molecule has 214 valence electrons. The van der Waals surface area contributed by atoms with Gasteiger partial charge in [-0.2, -0.15) is 0 Å². The van der Waals surface area contributed by atoms with E-state index in [1.165, 1.54) is 31.5 Å². The van der Waals surface area contributed by atoms with Gasteiger partial charge in [0.25, 0.3) is 5.91 Å². The van der Waals surface area contributed by atoms with Gasteiger partial charge in [-0.15, -0.1) is 0 Å². The molecule has 2 aromatic heterocycles. The maximum Gasteiger partial charge on any atom is 0.410 e. The molecule has 0 spiro atoms. The molecule has 0 atom stereocenters. The van der Waals surface area contributed by atoms with Gasteiger partial charge in [0.15, 0.2) is 0 Å². The largest absolute Gasteiger partial charge is 0.444 e. The van der Waals surface area contributed by atoms with Gasteiger partial charge in [-0.3, -0.25) is 9.69 Å². The SMILES string of the molecule is CC(C)Cn1c(C2CCCC2)nc2cc(C(=O)N(c3ccccn3)C3CCN(C(=O)OC(C)(C)C)CC3)ccc21. The molecular weight excluding hydrogens is 502 g/mol. The number of carbonyl (C=O) groups is 2. The highest BCUT2D eigenvalue weighted by molar-refractivity contribution is 6.07. The number of pyridine rings is 1. The Balaban J connectivity index is 1.42. The summed E-state index contributed by atoms with van der Waals surface area (Å²) in [6.07, 6.45) is 7.59. The third-order valence-corrected chi connectivity index (χ3v) is 7.89. The summed E-state index contributed by atoms with van der Waals surface area (Å²) >= 11 is 0. The van der Waals surface area contributed by atoms with E-state index in [2.05, 4.69) is 29.5 Å². The molecule has 8 heteroatoms. The van der Waals surface area contributed by atoms with Crippen molar-refractivity contribution in [3.63, 3.8) is 0 Å². The van der Waals surface area contributed by atoms with E-state index in [4.69, 9.17) is 9.72 Å². The van der Waals surface area contributed by atoms with Gasteiger partial charge >= 0.3 is 6.09 Å². The van der Waals surface area contributed by atoms with Gasteiger partial charge in [0.05, 0.1) is 11.0 Å². The van der Waals surface area contributed by atoms with Crippen molar-refractivity contribution in [1.82, 2.24) is 19.4 Å². The van der Waals surface area contributed by atoms with E-state index in [-0.39, 0.29) is 18.0 Å². The number of benzene rings is 1. The summed E-state index contributed by atoms with van der Waals surface area (Å²) in [5, 5.41) is 0. The van der Waals surface area contributed by atoms with Gasteiger partial charge in [0, 0.05) is 43.4 Å². The standard InChI is InChI=1S/C32H43N5O3/c1-22(2)21-36-27-14-13-24(20-26(27)34-29(36)23-10-6-7-11-23)30(38)37(28-12-8-9-17-33-28)25-15-18-35(19-16-25)31(39)40-32(3,4)5/h8-9,12-14,17,20,22-23,25H,6-7,10-11,15-16,18-19,21H2,1-5H3. The zero-order valence-corrected chi connectivity index (χ0v) is 24.6. The average molecular weight is 546 g/mol. The van der Waals surface area contributed by atoms with Crippen LogP contribution in [0.25, 0.3) is 11.0 Å². The van der Waals surface area contributed by atoms with Crippen molar-refractivity contribution >= 4 is 28.9 Å². The van der Waals surface area contributed by atoms with E-state index >= 15 is 0 Å². The normalized spacial score (nSPS) is 17.1. The fourth-order valence-electron chi connectivity index (χ4n) is 6.06. The Morgan fingerprint density at radius 2 is 1.77 bits per heavy atom. The number of hydrogen-bond donors (Lipinski definition) is 0. The molecule has 0 radical (unpaired) electrons. The van der Waals surface area contributed by atoms with E-state index in [1.54, 1.807) is 11.1 Å². The molecule has 0 unspecified atom stereocenters. The van der Waals surface area contributed by atoms with Crippen molar-refractivity contribution in [3.8, 4) is 0 Å². The number of ether oxygens (including phenoxy) is 1. The molecule has 1 saturated carbocycles. The Morgan fingerprint density at radius 1 is 1.05 bits per heavy atom. The quantitative estimate of drug-likeness (QED) is 0.341. The lowest BCUT2D eigenvalue weighted by molar-refractivity contribution is 0.0205. The minimum Gasteiger partial charge on any atom is -0.444 e. The second kappa shape index (κ2) is 11.6. The molecule has 1 aliphatic carbocycles. The van der Waals surface area contributed by atoms with Crippen molar-refractivity contribution in [2.24, 2.45) is 5.92 Å². The molecule has 2 amide bonds. The van der Waals surface area contributed by atoms with E-state index in [1.807, 2.05) is 56.0 Å². The Kier molecular flexibility index (Phi) is 8.15. The monoisotopic (exact) mass is 545 g/mol. The summed E-state index contributed by atoms with van der Waals surface area (Å²) in [5.74, 6) is 2.70. The van der Waals surface area contributed by atoms with Crippen LogP contribution in [0.15, 0.2) is 42.6 Å². The molecule has 0 N–H and O–H groups in total. The lowest BCUT2D eigenvalue weighted by Gasteiger charge is -2.38. The van der Waals surface area contributed by atoms with Crippen molar-refractivity contribution < 1.29 is 14.3 Å². The number of hydrogen-bond acceptors (Lipinski definition) is 5. The molecule has 0 bridgehead atoms. The molecule has 3 aromatic rings. The Hall–Kier alpha value is -3.42. The Morgan fingerprint density at radius 3 is 2.40 bits per heavy atom. The number of aromatic nitrogens is 3. The summed E-state index contributed by atoms with van der Waals surface area (Å²) in [7, 11) is 0. The van der Waals surface area contributed by atoms with Crippen molar-refractivity contribution in [2.45, 2.75) is 97.2 Å². The molecule has 40 heavy (non-hydrogen) atoms. The maximum atomic E-state index is 14.2. The Labute approximate surface area is 237 Å². The first-order chi connectivity index (χ1) is 19.1. The third kappa shape index (κ3) is 6.16. The van der Waals surface area contributed by atoms with E-state index < -0.39 is 5.60 Å². The van der Waals surface area contributed by atoms with Gasteiger partial charge in [0.2, 0.25) is 0 Å². The first kappa shape index (κ1) is 28.1. The predicted molar refractivity (Wildman–Crippen MR) is 158 cm³/mol. The number of likely N-dealkylation sites (tertiary alicyclic amines) is 1. The highest BCUT2D eigenvalue weighted by Gasteiger charge is 2.34. The second-order valence-electron chi connectivity index (χ2n) is 12.7. The van der Waals surface area contributed by atoms with Gasteiger partial charge in [-0.05, 0) is 82.7 Å². The van der Waals surface area contributed by atoms with Crippen LogP contribution in [-0.2, 0) is 11.3 Å². The summed E-state index contributed by atoms with van der Waals surface area (Å²) < 4.78 is 7.95. The van der Waals surface area contributed by atoms with Crippen LogP contribution in [0.1, 0.15) is 95.2 Å². The maximum absolute atomic E-state index is 14.2. The summed E-state index contributed by atoms with van der Waals surface area (Å²) in [6, 6.07) is 11.5. The summed E-state index contributed by atoms with van der Waals surface area (Å²) in [4.78, 5) is 40.0. The smallest absolute Gasteiger partial charge is 0.410 e. The number of fused-ring (bicyclic) bond motifs is 1. The number of carbonyl (C=O) groups excluding carboxylic acids is 2. The van der Waals surface area contributed by atoms with Crippen molar-refractivity contribution in [3.05, 3.63) is 54.0 Å². The van der Waals surface area contributed by atoms with Gasteiger partial charge in [-0.25, -0.2) is 14.8 Å². The van der Waals surface area contributed by atoms with Gasteiger partial charge in [-0.1, -0.05) is 32.8 Å². The molecule has 3 heterocycles. The predicted octanol–water partition coefficient (Wildman–Crippen LogP) is 6.79. The third-order valence-electron chi connectivity index (χ3n) is 7.89. The zero-order valence-electron chi connectivity index (χ0n) is 24.6. The molecule has 1 saturated heterocycles. The number of nitrogens with zero attached hydrogens (tertiary/aromatic N) is 5. The minimum atomic E-state index is -0.539. The first-order valence-electron chi connectivity index (χ1n) is 14.8. The molecule has 1 aromatic carbocycles. The second-order valence-corrected chi connectivity index (χ2v) is 12.7. The van der Waals surface area contributed by atoms with Crippen LogP contribution in [0.3, 0.4) is 0 Å². The number of anilines is 1. The first-order valence-corrected chi connectivity index (χ1v) is 14.8. The average Bonchev–Trinajstić information content (AvgIpc) is 3.57. The highest BCUT2D eigenvalue weighted by atomic mass is 16.6. The number of piperidine rings is 1. The van der Waals surface area contributed by atoms with Crippen LogP contribution in [-0.4, -0.2) is 56.2 Å². The molecule has 2 fully saturated rings. The van der Waals surface area contributed by atoms with E-state index in [0.29, 0.717) is 49.1 Å². The molecular formula is C32H43N5O3. The van der Waals surface area contributed by atoms with Crippen LogP contribution in [0.4, 0.5) is 10.6 Å². The Bertz CT molecular complexity index is 1330. The molecule has 8 nitrogen and oxygen atoms in total. The van der Waals surface area contributed by atoms with E-state index in [0.717, 1.165) is 17.6 Å². The lowest BCUT2D eigenvalue weighted by atomic mass is 10.0. The van der Waals surface area contributed by atoms with Crippen LogP contribution in [0.5, 0.6) is 0 Å². The number of amides is 2. The van der Waals surface area contributed by atoms with Crippen LogP contribution in [0, 0.1) is 5.92 Å². The van der Waals surface area contributed by atoms with Crippen LogP contribution >= 0.6 is 0 Å². The van der Waals surface area contributed by atoms with Gasteiger partial charge < -0.3 is 14.2 Å². The van der Waals surface area contributed by atoms with E-state index in [9.17, 15) is 9.59 Å². The van der Waals surface area contributed by atoms with Crippen molar-refractivity contribution in [1.29, 1.82) is 0 Å². The topological polar surface area (TPSA) is 80.6 Å². The highest BCUT2D eigenvalue weighted by Crippen LogP contribution is 2.36. The van der Waals surface area contributed by atoms with Crippen LogP contribution in [0.2, 0.25) is 0 Å². The van der Waals surface area contributed by atoms with Gasteiger partial charge in [0.1, 0.15) is 17.2 Å². The lowest BCUT2D eigenvalue weighted by Crippen LogP contribution is -2.50. The van der Waals surface area contributed by atoms with Crippen LogP contribution < -0.4 is 4.90 Å². The molecule has 5 rings (SSSR count). The molecule has 1 aliphatic heterocycles. The number of imidazole rings is 1. The fraction of sp³-hybridized carbons (Fsp3) is 0.562.